The minimum Gasteiger partial charge on any atom is -0.391 e. The van der Waals surface area contributed by atoms with Crippen molar-refractivity contribution in [2.75, 3.05) is 5.32 Å². The molecule has 0 spiro atoms. The molecule has 1 saturated carbocycles. The second-order valence-corrected chi connectivity index (χ2v) is 5.52. The summed E-state index contributed by atoms with van der Waals surface area (Å²) in [7, 11) is 0. The summed E-state index contributed by atoms with van der Waals surface area (Å²) in [4.78, 5) is 12.1. The number of anilines is 1. The number of rotatable bonds is 3. The number of nitrogens with one attached hydrogen (secondary N) is 2. The van der Waals surface area contributed by atoms with Crippen LogP contribution in [0.25, 0.3) is 0 Å². The number of carbonyl (C=O) groups is 1. The van der Waals surface area contributed by atoms with Gasteiger partial charge in [-0.3, -0.25) is 0 Å². The fraction of sp³-hybridized carbons (Fsp3) is 0.562. The zero-order valence-electron chi connectivity index (χ0n) is 12.3. The third-order valence-corrected chi connectivity index (χ3v) is 4.02. The maximum absolute atomic E-state index is 12.1. The molecule has 1 aliphatic carbocycles. The van der Waals surface area contributed by atoms with E-state index in [0.717, 1.165) is 48.9 Å². The van der Waals surface area contributed by atoms with E-state index in [0.29, 0.717) is 0 Å². The fourth-order valence-corrected chi connectivity index (χ4v) is 2.80. The Morgan fingerprint density at radius 3 is 2.80 bits per heavy atom. The molecule has 20 heavy (non-hydrogen) atoms. The predicted molar refractivity (Wildman–Crippen MR) is 81.0 cm³/mol. The lowest BCUT2D eigenvalue weighted by molar-refractivity contribution is 0.0955. The van der Waals surface area contributed by atoms with Gasteiger partial charge in [-0.15, -0.1) is 0 Å². The summed E-state index contributed by atoms with van der Waals surface area (Å²) < 4.78 is 0. The normalized spacial score (nSPS) is 22.4. The van der Waals surface area contributed by atoms with Gasteiger partial charge in [-0.1, -0.05) is 38.0 Å². The number of hydrogen-bond acceptors (Lipinski definition) is 2. The number of para-hydroxylation sites is 1. The molecule has 1 aromatic rings. The summed E-state index contributed by atoms with van der Waals surface area (Å²) in [6.07, 6.45) is 4.18. The third-order valence-electron chi connectivity index (χ3n) is 4.02. The highest BCUT2D eigenvalue weighted by atomic mass is 16.3. The van der Waals surface area contributed by atoms with Crippen molar-refractivity contribution in [2.24, 2.45) is 0 Å². The van der Waals surface area contributed by atoms with Crippen molar-refractivity contribution in [1.82, 2.24) is 5.32 Å². The Balaban J connectivity index is 2.01. The number of aryl methyl sites for hydroxylation is 2. The van der Waals surface area contributed by atoms with E-state index in [2.05, 4.69) is 17.6 Å². The lowest BCUT2D eigenvalue weighted by Crippen LogP contribution is -2.46. The maximum atomic E-state index is 12.1. The van der Waals surface area contributed by atoms with Crippen LogP contribution in [0, 0.1) is 6.92 Å². The van der Waals surface area contributed by atoms with Crippen LogP contribution < -0.4 is 10.6 Å². The maximum Gasteiger partial charge on any atom is 0.319 e. The van der Waals surface area contributed by atoms with Gasteiger partial charge in [0.2, 0.25) is 0 Å². The lowest BCUT2D eigenvalue weighted by atomic mass is 9.93. The number of urea groups is 1. The fourth-order valence-electron chi connectivity index (χ4n) is 2.80. The van der Waals surface area contributed by atoms with E-state index in [9.17, 15) is 9.90 Å². The van der Waals surface area contributed by atoms with E-state index in [1.807, 2.05) is 25.1 Å². The van der Waals surface area contributed by atoms with Crippen LogP contribution in [0.1, 0.15) is 43.7 Å². The van der Waals surface area contributed by atoms with Crippen LogP contribution in [0.2, 0.25) is 0 Å². The first-order chi connectivity index (χ1) is 9.61. The standard InChI is InChI=1S/C16H24N2O2/c1-3-12-8-6-7-11(2)15(12)18-16(20)17-13-9-4-5-10-14(13)19/h6-8,13-14,19H,3-5,9-10H2,1-2H3,(H2,17,18,20). The van der Waals surface area contributed by atoms with Crippen molar-refractivity contribution in [2.45, 2.75) is 58.1 Å². The summed E-state index contributed by atoms with van der Waals surface area (Å²) in [6.45, 7) is 4.06. The largest absolute Gasteiger partial charge is 0.391 e. The van der Waals surface area contributed by atoms with Crippen molar-refractivity contribution >= 4 is 11.7 Å². The molecule has 0 bridgehead atoms. The summed E-state index contributed by atoms with van der Waals surface area (Å²) >= 11 is 0. The second kappa shape index (κ2) is 6.75. The summed E-state index contributed by atoms with van der Waals surface area (Å²) in [5.74, 6) is 0. The average Bonchev–Trinajstić information content (AvgIpc) is 2.43. The minimum atomic E-state index is -0.419. The van der Waals surface area contributed by atoms with E-state index in [1.54, 1.807) is 0 Å². The van der Waals surface area contributed by atoms with Gasteiger partial charge in [0.25, 0.3) is 0 Å². The van der Waals surface area contributed by atoms with E-state index in [4.69, 9.17) is 0 Å². The highest BCUT2D eigenvalue weighted by Gasteiger charge is 2.24. The predicted octanol–water partition coefficient (Wildman–Crippen LogP) is 2.98. The molecule has 2 amide bonds. The SMILES string of the molecule is CCc1cccc(C)c1NC(=O)NC1CCCCC1O. The number of carbonyl (C=O) groups excluding carboxylic acids is 1. The summed E-state index contributed by atoms with van der Waals surface area (Å²) in [6, 6.07) is 5.67. The number of aliphatic hydroxyl groups is 1. The lowest BCUT2D eigenvalue weighted by Gasteiger charge is -2.28. The van der Waals surface area contributed by atoms with Crippen LogP contribution in [0.3, 0.4) is 0 Å². The molecule has 0 aromatic heterocycles. The molecule has 0 heterocycles. The van der Waals surface area contributed by atoms with Gasteiger partial charge in [-0.05, 0) is 37.3 Å². The van der Waals surface area contributed by atoms with E-state index >= 15 is 0 Å². The molecule has 3 N–H and O–H groups in total. The quantitative estimate of drug-likeness (QED) is 0.794. The van der Waals surface area contributed by atoms with Gasteiger partial charge in [-0.2, -0.15) is 0 Å². The molecule has 0 aliphatic heterocycles. The number of aliphatic hydroxyl groups excluding tert-OH is 1. The van der Waals surface area contributed by atoms with Crippen LogP contribution in [-0.2, 0) is 6.42 Å². The van der Waals surface area contributed by atoms with Crippen LogP contribution in [0.4, 0.5) is 10.5 Å². The zero-order chi connectivity index (χ0) is 14.5. The Labute approximate surface area is 120 Å². The van der Waals surface area contributed by atoms with E-state index in [1.165, 1.54) is 0 Å². The first-order valence-corrected chi connectivity index (χ1v) is 7.46. The molecule has 4 heteroatoms. The van der Waals surface area contributed by atoms with Gasteiger partial charge in [0, 0.05) is 5.69 Å². The molecule has 1 fully saturated rings. The Morgan fingerprint density at radius 1 is 1.35 bits per heavy atom. The highest BCUT2D eigenvalue weighted by Crippen LogP contribution is 2.22. The Kier molecular flexibility index (Phi) is 5.01. The smallest absolute Gasteiger partial charge is 0.319 e. The van der Waals surface area contributed by atoms with Gasteiger partial charge < -0.3 is 15.7 Å². The van der Waals surface area contributed by atoms with Crippen molar-refractivity contribution in [3.63, 3.8) is 0 Å². The van der Waals surface area contributed by atoms with Crippen LogP contribution in [0.5, 0.6) is 0 Å². The first-order valence-electron chi connectivity index (χ1n) is 7.46. The van der Waals surface area contributed by atoms with Crippen molar-refractivity contribution in [3.05, 3.63) is 29.3 Å². The monoisotopic (exact) mass is 276 g/mol. The Morgan fingerprint density at radius 2 is 2.10 bits per heavy atom. The molecule has 0 saturated heterocycles. The number of amides is 2. The van der Waals surface area contributed by atoms with Crippen molar-refractivity contribution in [1.29, 1.82) is 0 Å². The van der Waals surface area contributed by atoms with Gasteiger partial charge in [0.05, 0.1) is 12.1 Å². The van der Waals surface area contributed by atoms with Gasteiger partial charge >= 0.3 is 6.03 Å². The molecular formula is C16H24N2O2. The molecule has 4 nitrogen and oxygen atoms in total. The molecule has 2 unspecified atom stereocenters. The van der Waals surface area contributed by atoms with Gasteiger partial charge in [-0.25, -0.2) is 4.79 Å². The minimum absolute atomic E-state index is 0.127. The summed E-state index contributed by atoms with van der Waals surface area (Å²) in [5, 5.41) is 15.7. The van der Waals surface area contributed by atoms with Crippen LogP contribution in [-0.4, -0.2) is 23.3 Å². The highest BCUT2D eigenvalue weighted by molar-refractivity contribution is 5.91. The third kappa shape index (κ3) is 3.51. The number of hydrogen-bond donors (Lipinski definition) is 3. The number of benzene rings is 1. The van der Waals surface area contributed by atoms with Crippen LogP contribution >= 0.6 is 0 Å². The van der Waals surface area contributed by atoms with Crippen LogP contribution in [0.15, 0.2) is 18.2 Å². The molecule has 0 radical (unpaired) electrons. The first kappa shape index (κ1) is 14.9. The van der Waals surface area contributed by atoms with E-state index in [-0.39, 0.29) is 12.1 Å². The van der Waals surface area contributed by atoms with E-state index < -0.39 is 6.10 Å². The Hall–Kier alpha value is -1.55. The van der Waals surface area contributed by atoms with Gasteiger partial charge in [0.1, 0.15) is 0 Å². The molecule has 1 aliphatic rings. The zero-order valence-corrected chi connectivity index (χ0v) is 12.3. The topological polar surface area (TPSA) is 61.4 Å². The van der Waals surface area contributed by atoms with Crippen molar-refractivity contribution in [3.8, 4) is 0 Å². The second-order valence-electron chi connectivity index (χ2n) is 5.52. The average molecular weight is 276 g/mol. The Bertz CT molecular complexity index is 474. The van der Waals surface area contributed by atoms with Gasteiger partial charge in [0.15, 0.2) is 0 Å². The molecule has 110 valence electrons. The molecular weight excluding hydrogens is 252 g/mol. The summed E-state index contributed by atoms with van der Waals surface area (Å²) in [5.41, 5.74) is 3.07. The van der Waals surface area contributed by atoms with Crippen molar-refractivity contribution < 1.29 is 9.90 Å². The molecule has 2 rings (SSSR count). The molecule has 2 atom stereocenters. The molecule has 1 aromatic carbocycles.